The van der Waals surface area contributed by atoms with E-state index in [1.54, 1.807) is 0 Å². The molecular formula is C22H23N3O2. The fraction of sp³-hybridized carbons (Fsp3) is 0.318. The van der Waals surface area contributed by atoms with Gasteiger partial charge in [-0.05, 0) is 78.6 Å². The van der Waals surface area contributed by atoms with Crippen LogP contribution in [0.25, 0.3) is 22.6 Å². The smallest absolute Gasteiger partial charge is 0.248 e. The van der Waals surface area contributed by atoms with Crippen molar-refractivity contribution >= 4 is 5.91 Å². The number of nitrogens with two attached hydrogens (primary N) is 1. The molecule has 0 saturated heterocycles. The molecule has 138 valence electrons. The minimum absolute atomic E-state index is 0.387. The summed E-state index contributed by atoms with van der Waals surface area (Å²) in [5.41, 5.74) is 11.6. The number of hydrogen-bond donors (Lipinski definition) is 1. The zero-order valence-electron chi connectivity index (χ0n) is 15.7. The van der Waals surface area contributed by atoms with Gasteiger partial charge in [-0.3, -0.25) is 4.79 Å². The summed E-state index contributed by atoms with van der Waals surface area (Å²) < 4.78 is 5.72. The number of carbonyl (C=O) groups is 1. The van der Waals surface area contributed by atoms with E-state index in [2.05, 4.69) is 29.3 Å². The first-order valence-corrected chi connectivity index (χ1v) is 9.41. The quantitative estimate of drug-likeness (QED) is 0.708. The van der Waals surface area contributed by atoms with Crippen LogP contribution >= 0.6 is 0 Å². The lowest BCUT2D eigenvalue weighted by molar-refractivity contribution is 0.1000. The molecule has 0 aliphatic heterocycles. The number of hydrogen-bond acceptors (Lipinski definition) is 4. The Morgan fingerprint density at radius 1 is 1.15 bits per heavy atom. The Hall–Kier alpha value is -2.95. The summed E-state index contributed by atoms with van der Waals surface area (Å²) in [4.78, 5) is 11.6. The van der Waals surface area contributed by atoms with Gasteiger partial charge in [0.15, 0.2) is 0 Å². The molecule has 1 aliphatic carbocycles. The van der Waals surface area contributed by atoms with Crippen LogP contribution in [0.5, 0.6) is 0 Å². The summed E-state index contributed by atoms with van der Waals surface area (Å²) in [6.45, 7) is 4.08. The van der Waals surface area contributed by atoms with E-state index in [1.165, 1.54) is 18.4 Å². The molecule has 27 heavy (non-hydrogen) atoms. The third-order valence-electron chi connectivity index (χ3n) is 5.14. The third kappa shape index (κ3) is 3.63. The monoisotopic (exact) mass is 361 g/mol. The molecule has 2 aromatic carbocycles. The summed E-state index contributed by atoms with van der Waals surface area (Å²) in [6.07, 6.45) is 4.19. The number of aromatic nitrogens is 2. The maximum Gasteiger partial charge on any atom is 0.248 e. The molecule has 0 bridgehead atoms. The van der Waals surface area contributed by atoms with E-state index in [9.17, 15) is 4.79 Å². The lowest BCUT2D eigenvalue weighted by Crippen LogP contribution is -2.11. The van der Waals surface area contributed by atoms with Gasteiger partial charge in [0.1, 0.15) is 0 Å². The van der Waals surface area contributed by atoms with Crippen molar-refractivity contribution in [2.45, 2.75) is 39.5 Å². The van der Waals surface area contributed by atoms with Crippen molar-refractivity contribution in [3.05, 3.63) is 59.0 Å². The highest BCUT2D eigenvalue weighted by Crippen LogP contribution is 2.38. The summed E-state index contributed by atoms with van der Waals surface area (Å²) >= 11 is 0. The average Bonchev–Trinajstić information content (AvgIpc) is 3.35. The van der Waals surface area contributed by atoms with Crippen LogP contribution in [-0.2, 0) is 12.8 Å². The maximum atomic E-state index is 11.6. The van der Waals surface area contributed by atoms with Gasteiger partial charge in [-0.2, -0.15) is 0 Å². The van der Waals surface area contributed by atoms with Crippen molar-refractivity contribution in [1.29, 1.82) is 0 Å². The lowest BCUT2D eigenvalue weighted by atomic mass is 9.90. The van der Waals surface area contributed by atoms with Crippen LogP contribution in [0.1, 0.15) is 47.1 Å². The molecule has 2 N–H and O–H groups in total. The first-order valence-electron chi connectivity index (χ1n) is 9.41. The molecule has 1 aliphatic rings. The molecule has 1 amide bonds. The van der Waals surface area contributed by atoms with Crippen molar-refractivity contribution in [1.82, 2.24) is 10.2 Å². The van der Waals surface area contributed by atoms with Crippen LogP contribution in [0, 0.1) is 12.8 Å². The lowest BCUT2D eigenvalue weighted by Gasteiger charge is -2.14. The molecule has 1 heterocycles. The molecule has 4 rings (SSSR count). The normalized spacial score (nSPS) is 13.7. The summed E-state index contributed by atoms with van der Waals surface area (Å²) in [5, 5.41) is 8.23. The molecule has 1 aromatic heterocycles. The first-order chi connectivity index (χ1) is 13.0. The van der Waals surface area contributed by atoms with Crippen LogP contribution in [0.15, 0.2) is 40.8 Å². The molecule has 0 atom stereocenters. The summed E-state index contributed by atoms with van der Waals surface area (Å²) in [6, 6.07) is 11.9. The van der Waals surface area contributed by atoms with Gasteiger partial charge in [0.2, 0.25) is 17.7 Å². The van der Waals surface area contributed by atoms with Crippen LogP contribution in [-0.4, -0.2) is 16.1 Å². The molecule has 3 aromatic rings. The predicted octanol–water partition coefficient (Wildman–Crippen LogP) is 4.33. The van der Waals surface area contributed by atoms with Crippen molar-refractivity contribution in [3.8, 4) is 22.6 Å². The largest absolute Gasteiger partial charge is 0.421 e. The number of primary amides is 1. The van der Waals surface area contributed by atoms with Crippen molar-refractivity contribution < 1.29 is 9.21 Å². The van der Waals surface area contributed by atoms with E-state index < -0.39 is 0 Å². The first kappa shape index (κ1) is 17.5. The van der Waals surface area contributed by atoms with Crippen LogP contribution in [0.3, 0.4) is 0 Å². The topological polar surface area (TPSA) is 82.0 Å². The molecule has 0 radical (unpaired) electrons. The molecule has 5 nitrogen and oxygen atoms in total. The van der Waals surface area contributed by atoms with E-state index >= 15 is 0 Å². The molecule has 1 saturated carbocycles. The SMILES string of the molecule is CCc1nnc(-c2ccc(C)c(-c3ccc(C(N)=O)cc3CC3CC3)c2)o1. The van der Waals surface area contributed by atoms with Gasteiger partial charge in [-0.15, -0.1) is 10.2 Å². The Labute approximate surface area is 158 Å². The van der Waals surface area contributed by atoms with E-state index in [0.29, 0.717) is 29.7 Å². The van der Waals surface area contributed by atoms with E-state index in [-0.39, 0.29) is 5.91 Å². The van der Waals surface area contributed by atoms with Gasteiger partial charge >= 0.3 is 0 Å². The molecule has 0 spiro atoms. The number of aryl methyl sites for hydroxylation is 2. The number of nitrogens with zero attached hydrogens (tertiary/aromatic N) is 2. The van der Waals surface area contributed by atoms with Gasteiger partial charge in [-0.25, -0.2) is 0 Å². The average molecular weight is 361 g/mol. The number of amides is 1. The van der Waals surface area contributed by atoms with Crippen molar-refractivity contribution in [3.63, 3.8) is 0 Å². The van der Waals surface area contributed by atoms with Crippen LogP contribution in [0.4, 0.5) is 0 Å². The molecule has 5 heteroatoms. The Morgan fingerprint density at radius 2 is 1.96 bits per heavy atom. The summed E-state index contributed by atoms with van der Waals surface area (Å²) in [7, 11) is 0. The second kappa shape index (κ2) is 6.99. The van der Waals surface area contributed by atoms with Crippen LogP contribution < -0.4 is 5.73 Å². The second-order valence-electron chi connectivity index (χ2n) is 7.27. The summed E-state index contributed by atoms with van der Waals surface area (Å²) in [5.74, 6) is 1.48. The standard InChI is InChI=1S/C22H23N3O2/c1-3-20-24-25-22(27-20)16-7-4-13(2)19(12-16)18-9-8-15(21(23)26)11-17(18)10-14-5-6-14/h4,7-9,11-12,14H,3,5-6,10H2,1-2H3,(H2,23,26). The highest BCUT2D eigenvalue weighted by molar-refractivity contribution is 5.94. The van der Waals surface area contributed by atoms with Crippen LogP contribution in [0.2, 0.25) is 0 Å². The van der Waals surface area contributed by atoms with Gasteiger partial charge in [0, 0.05) is 17.5 Å². The van der Waals surface area contributed by atoms with Gasteiger partial charge in [0.25, 0.3) is 0 Å². The number of carbonyl (C=O) groups excluding carboxylic acids is 1. The van der Waals surface area contributed by atoms with Crippen molar-refractivity contribution in [2.24, 2.45) is 11.7 Å². The van der Waals surface area contributed by atoms with E-state index in [1.807, 2.05) is 31.2 Å². The Kier molecular flexibility index (Phi) is 4.52. The Balaban J connectivity index is 1.79. The third-order valence-corrected chi connectivity index (χ3v) is 5.14. The van der Waals surface area contributed by atoms with Gasteiger partial charge in [-0.1, -0.05) is 19.1 Å². The highest BCUT2D eigenvalue weighted by atomic mass is 16.4. The van der Waals surface area contributed by atoms with Gasteiger partial charge < -0.3 is 10.2 Å². The van der Waals surface area contributed by atoms with E-state index in [0.717, 1.165) is 28.7 Å². The molecule has 0 unspecified atom stereocenters. The maximum absolute atomic E-state index is 11.6. The minimum Gasteiger partial charge on any atom is -0.421 e. The van der Waals surface area contributed by atoms with Crippen molar-refractivity contribution in [2.75, 3.05) is 0 Å². The Bertz CT molecular complexity index is 1000. The number of benzene rings is 2. The zero-order valence-corrected chi connectivity index (χ0v) is 15.7. The predicted molar refractivity (Wildman–Crippen MR) is 104 cm³/mol. The molecule has 1 fully saturated rings. The molecular weight excluding hydrogens is 338 g/mol. The fourth-order valence-corrected chi connectivity index (χ4v) is 3.37. The van der Waals surface area contributed by atoms with Gasteiger partial charge in [0.05, 0.1) is 0 Å². The number of rotatable bonds is 6. The fourth-order valence-electron chi connectivity index (χ4n) is 3.37. The Morgan fingerprint density at radius 3 is 2.63 bits per heavy atom. The minimum atomic E-state index is -0.387. The zero-order chi connectivity index (χ0) is 19.0. The van der Waals surface area contributed by atoms with E-state index in [4.69, 9.17) is 10.2 Å². The highest BCUT2D eigenvalue weighted by Gasteiger charge is 2.24. The second-order valence-corrected chi connectivity index (χ2v) is 7.27.